The Hall–Kier alpha value is -2.24. The number of hydrogen-bond acceptors (Lipinski definition) is 5. The Labute approximate surface area is 162 Å². The van der Waals surface area contributed by atoms with E-state index in [-0.39, 0.29) is 0 Å². The number of piperazine rings is 1. The summed E-state index contributed by atoms with van der Waals surface area (Å²) in [5.74, 6) is 1.72. The number of β-amino-alcohol motifs (C(OH)–C–C–N with tert-alkyl or cyclic N) is 1. The van der Waals surface area contributed by atoms with E-state index in [0.29, 0.717) is 13.2 Å². The Balaban J connectivity index is 1.43. The van der Waals surface area contributed by atoms with E-state index in [4.69, 9.17) is 9.47 Å². The van der Waals surface area contributed by atoms with Crippen LogP contribution < -0.4 is 14.4 Å². The van der Waals surface area contributed by atoms with Gasteiger partial charge < -0.3 is 19.5 Å². The standard InChI is InChI=1S/C22H30N2O3/c1-3-18-8-10-20(11-9-18)27-17-19(25)16-23-12-14-24(15-13-23)21-6-4-5-7-22(21)26-2/h4-11,19,25H,3,12-17H2,1-2H3/t19-/m0/s1. The molecule has 1 heterocycles. The molecule has 0 spiro atoms. The molecule has 0 bridgehead atoms. The highest BCUT2D eigenvalue weighted by Gasteiger charge is 2.21. The van der Waals surface area contributed by atoms with E-state index in [9.17, 15) is 5.11 Å². The second-order valence-corrected chi connectivity index (χ2v) is 6.92. The number of aryl methyl sites for hydroxylation is 1. The van der Waals surface area contributed by atoms with Crippen LogP contribution in [0.5, 0.6) is 11.5 Å². The van der Waals surface area contributed by atoms with E-state index >= 15 is 0 Å². The molecule has 1 fully saturated rings. The lowest BCUT2D eigenvalue weighted by atomic mass is 10.2. The maximum Gasteiger partial charge on any atom is 0.142 e. The van der Waals surface area contributed by atoms with Gasteiger partial charge in [0.15, 0.2) is 0 Å². The first kappa shape index (κ1) is 19.5. The van der Waals surface area contributed by atoms with Crippen molar-refractivity contribution in [3.63, 3.8) is 0 Å². The summed E-state index contributed by atoms with van der Waals surface area (Å²) >= 11 is 0. The first-order valence-electron chi connectivity index (χ1n) is 9.69. The zero-order valence-corrected chi connectivity index (χ0v) is 16.3. The fourth-order valence-corrected chi connectivity index (χ4v) is 3.43. The Bertz CT molecular complexity index is 697. The molecule has 0 aliphatic carbocycles. The minimum absolute atomic E-state index is 0.318. The third kappa shape index (κ3) is 5.37. The molecule has 5 heteroatoms. The quantitative estimate of drug-likeness (QED) is 0.774. The zero-order valence-electron chi connectivity index (χ0n) is 16.3. The topological polar surface area (TPSA) is 45.2 Å². The molecule has 27 heavy (non-hydrogen) atoms. The van der Waals surface area contributed by atoms with E-state index in [1.54, 1.807) is 7.11 Å². The second kappa shape index (κ2) is 9.62. The van der Waals surface area contributed by atoms with Crippen LogP contribution in [0.15, 0.2) is 48.5 Å². The highest BCUT2D eigenvalue weighted by Crippen LogP contribution is 2.28. The van der Waals surface area contributed by atoms with Crippen molar-refractivity contribution in [2.45, 2.75) is 19.4 Å². The Morgan fingerprint density at radius 2 is 1.70 bits per heavy atom. The van der Waals surface area contributed by atoms with Gasteiger partial charge in [-0.2, -0.15) is 0 Å². The number of benzene rings is 2. The first-order valence-corrected chi connectivity index (χ1v) is 9.69. The normalized spacial score (nSPS) is 16.2. The summed E-state index contributed by atoms with van der Waals surface area (Å²) in [5, 5.41) is 10.3. The molecule has 0 unspecified atom stereocenters. The van der Waals surface area contributed by atoms with Crippen LogP contribution in [-0.4, -0.2) is 62.6 Å². The number of methoxy groups -OCH3 is 1. The van der Waals surface area contributed by atoms with Crippen LogP contribution in [0.3, 0.4) is 0 Å². The van der Waals surface area contributed by atoms with Gasteiger partial charge in [-0.25, -0.2) is 0 Å². The van der Waals surface area contributed by atoms with Gasteiger partial charge in [-0.05, 0) is 36.2 Å². The maximum atomic E-state index is 10.3. The van der Waals surface area contributed by atoms with Crippen molar-refractivity contribution in [1.29, 1.82) is 0 Å². The molecule has 1 N–H and O–H groups in total. The SMILES string of the molecule is CCc1ccc(OC[C@@H](O)CN2CCN(c3ccccc3OC)CC2)cc1. The molecule has 2 aromatic carbocycles. The van der Waals surface area contributed by atoms with Crippen molar-refractivity contribution in [3.8, 4) is 11.5 Å². The summed E-state index contributed by atoms with van der Waals surface area (Å²) in [5.41, 5.74) is 2.43. The van der Waals surface area contributed by atoms with Crippen LogP contribution in [0.2, 0.25) is 0 Å². The van der Waals surface area contributed by atoms with Crippen molar-refractivity contribution < 1.29 is 14.6 Å². The second-order valence-electron chi connectivity index (χ2n) is 6.92. The van der Waals surface area contributed by atoms with Gasteiger partial charge in [0.2, 0.25) is 0 Å². The van der Waals surface area contributed by atoms with Crippen LogP contribution in [0.1, 0.15) is 12.5 Å². The van der Waals surface area contributed by atoms with Gasteiger partial charge in [-0.15, -0.1) is 0 Å². The molecule has 0 saturated carbocycles. The van der Waals surface area contributed by atoms with E-state index in [1.807, 2.05) is 30.3 Å². The number of hydrogen-bond donors (Lipinski definition) is 1. The molecular weight excluding hydrogens is 340 g/mol. The van der Waals surface area contributed by atoms with Crippen molar-refractivity contribution in [2.75, 3.05) is 51.3 Å². The number of nitrogens with zero attached hydrogens (tertiary/aromatic N) is 2. The molecule has 0 aromatic heterocycles. The molecule has 0 radical (unpaired) electrons. The maximum absolute atomic E-state index is 10.3. The van der Waals surface area contributed by atoms with Gasteiger partial charge in [0.25, 0.3) is 0 Å². The summed E-state index contributed by atoms with van der Waals surface area (Å²) in [6.45, 7) is 6.76. The molecule has 3 rings (SSSR count). The predicted molar refractivity (Wildman–Crippen MR) is 109 cm³/mol. The lowest BCUT2D eigenvalue weighted by molar-refractivity contribution is 0.0663. The summed E-state index contributed by atoms with van der Waals surface area (Å²) in [6.07, 6.45) is 0.526. The number of aliphatic hydroxyl groups excluding tert-OH is 1. The van der Waals surface area contributed by atoms with Crippen LogP contribution >= 0.6 is 0 Å². The Kier molecular flexibility index (Phi) is 6.96. The minimum Gasteiger partial charge on any atom is -0.495 e. The highest BCUT2D eigenvalue weighted by molar-refractivity contribution is 5.58. The zero-order chi connectivity index (χ0) is 19.1. The van der Waals surface area contributed by atoms with Gasteiger partial charge in [0, 0.05) is 32.7 Å². The molecule has 1 atom stereocenters. The largest absolute Gasteiger partial charge is 0.495 e. The number of aliphatic hydroxyl groups is 1. The molecule has 0 amide bonds. The van der Waals surface area contributed by atoms with Gasteiger partial charge in [-0.1, -0.05) is 31.2 Å². The van der Waals surface area contributed by atoms with Crippen LogP contribution in [0.25, 0.3) is 0 Å². The molecular formula is C22H30N2O3. The van der Waals surface area contributed by atoms with E-state index in [1.165, 1.54) is 5.56 Å². The fourth-order valence-electron chi connectivity index (χ4n) is 3.43. The summed E-state index contributed by atoms with van der Waals surface area (Å²) in [6, 6.07) is 16.2. The van der Waals surface area contributed by atoms with Crippen molar-refractivity contribution in [2.24, 2.45) is 0 Å². The lowest BCUT2D eigenvalue weighted by Crippen LogP contribution is -2.49. The smallest absolute Gasteiger partial charge is 0.142 e. The summed E-state index contributed by atoms with van der Waals surface area (Å²) in [7, 11) is 1.71. The predicted octanol–water partition coefficient (Wildman–Crippen LogP) is 2.82. The van der Waals surface area contributed by atoms with Crippen molar-refractivity contribution in [3.05, 3.63) is 54.1 Å². The number of para-hydroxylation sites is 2. The number of rotatable bonds is 8. The van der Waals surface area contributed by atoms with Gasteiger partial charge >= 0.3 is 0 Å². The monoisotopic (exact) mass is 370 g/mol. The van der Waals surface area contributed by atoms with E-state index in [2.05, 4.69) is 34.9 Å². The van der Waals surface area contributed by atoms with Crippen LogP contribution in [0, 0.1) is 0 Å². The fraction of sp³-hybridized carbons (Fsp3) is 0.455. The molecule has 1 saturated heterocycles. The van der Waals surface area contributed by atoms with E-state index in [0.717, 1.165) is 49.8 Å². The average molecular weight is 370 g/mol. The minimum atomic E-state index is -0.492. The number of ether oxygens (including phenoxy) is 2. The highest BCUT2D eigenvalue weighted by atomic mass is 16.5. The Morgan fingerprint density at radius 3 is 2.37 bits per heavy atom. The molecule has 1 aliphatic heterocycles. The molecule has 5 nitrogen and oxygen atoms in total. The van der Waals surface area contributed by atoms with Gasteiger partial charge in [-0.3, -0.25) is 4.90 Å². The van der Waals surface area contributed by atoms with Gasteiger partial charge in [0.05, 0.1) is 12.8 Å². The third-order valence-electron chi connectivity index (χ3n) is 5.04. The van der Waals surface area contributed by atoms with Crippen LogP contribution in [0.4, 0.5) is 5.69 Å². The third-order valence-corrected chi connectivity index (χ3v) is 5.04. The first-order chi connectivity index (χ1) is 13.2. The molecule has 2 aromatic rings. The molecule has 146 valence electrons. The average Bonchev–Trinajstić information content (AvgIpc) is 2.73. The van der Waals surface area contributed by atoms with E-state index < -0.39 is 6.10 Å². The summed E-state index contributed by atoms with van der Waals surface area (Å²) < 4.78 is 11.2. The Morgan fingerprint density at radius 1 is 1.00 bits per heavy atom. The lowest BCUT2D eigenvalue weighted by Gasteiger charge is -2.37. The summed E-state index contributed by atoms with van der Waals surface area (Å²) in [4.78, 5) is 4.63. The van der Waals surface area contributed by atoms with Crippen molar-refractivity contribution in [1.82, 2.24) is 4.90 Å². The van der Waals surface area contributed by atoms with Crippen molar-refractivity contribution >= 4 is 5.69 Å². The molecule has 1 aliphatic rings. The van der Waals surface area contributed by atoms with Crippen LogP contribution in [-0.2, 0) is 6.42 Å². The number of anilines is 1. The van der Waals surface area contributed by atoms with Gasteiger partial charge in [0.1, 0.15) is 24.2 Å².